The Labute approximate surface area is 140 Å². The zero-order valence-electron chi connectivity index (χ0n) is 13.4. The summed E-state index contributed by atoms with van der Waals surface area (Å²) in [6, 6.07) is 12.4. The fraction of sp³-hybridized carbons (Fsp3) is 0.250. The molecule has 1 heterocycles. The molecule has 0 spiro atoms. The Morgan fingerprint density at radius 2 is 1.68 bits per heavy atom. The van der Waals surface area contributed by atoms with E-state index in [0.717, 1.165) is 11.1 Å². The van der Waals surface area contributed by atoms with E-state index < -0.39 is 7.25 Å². The molecule has 132 valence electrons. The molecule has 2 aliphatic rings. The quantitative estimate of drug-likeness (QED) is 0.340. The van der Waals surface area contributed by atoms with Crippen molar-refractivity contribution in [2.75, 3.05) is 14.2 Å². The van der Waals surface area contributed by atoms with Crippen LogP contribution in [-0.4, -0.2) is 37.8 Å². The van der Waals surface area contributed by atoms with Crippen molar-refractivity contribution < 1.29 is 36.4 Å². The molecule has 2 aromatic rings. The van der Waals surface area contributed by atoms with Crippen LogP contribution < -0.4 is 0 Å². The van der Waals surface area contributed by atoms with E-state index in [2.05, 4.69) is 24.3 Å². The van der Waals surface area contributed by atoms with Crippen LogP contribution in [0.3, 0.4) is 0 Å². The maximum atomic E-state index is 12.1. The molecule has 25 heavy (non-hydrogen) atoms. The predicted octanol–water partition coefficient (Wildman–Crippen LogP) is 3.48. The van der Waals surface area contributed by atoms with Gasteiger partial charge in [-0.15, -0.1) is 0 Å². The highest BCUT2D eigenvalue weighted by Crippen LogP contribution is 2.50. The van der Waals surface area contributed by atoms with E-state index in [4.69, 9.17) is 9.57 Å². The minimum atomic E-state index is -6.00. The number of benzene rings is 2. The number of hydrogen-bond donors (Lipinski definition) is 0. The predicted molar refractivity (Wildman–Crippen MR) is 83.9 cm³/mol. The summed E-state index contributed by atoms with van der Waals surface area (Å²) >= 11 is 0. The van der Waals surface area contributed by atoms with Gasteiger partial charge >= 0.3 is 18.9 Å². The Hall–Kier alpha value is -2.58. The van der Waals surface area contributed by atoms with Crippen LogP contribution in [0.2, 0.25) is 0 Å². The van der Waals surface area contributed by atoms with Crippen molar-refractivity contribution in [1.29, 1.82) is 0 Å². The highest BCUT2D eigenvalue weighted by Gasteiger charge is 2.54. The van der Waals surface area contributed by atoms with Gasteiger partial charge < -0.3 is 22.0 Å². The van der Waals surface area contributed by atoms with Gasteiger partial charge in [-0.05, 0) is 21.1 Å². The lowest BCUT2D eigenvalue weighted by Gasteiger charge is -2.05. The lowest BCUT2D eigenvalue weighted by molar-refractivity contribution is -0.769. The van der Waals surface area contributed by atoms with E-state index in [0.29, 0.717) is 5.71 Å². The Morgan fingerprint density at radius 1 is 1.12 bits per heavy atom. The fourth-order valence-corrected chi connectivity index (χ4v) is 3.43. The third-order valence-electron chi connectivity index (χ3n) is 4.21. The topological polar surface area (TPSA) is 38.5 Å². The van der Waals surface area contributed by atoms with Gasteiger partial charge in [0.15, 0.2) is 7.05 Å². The van der Waals surface area contributed by atoms with E-state index >= 15 is 0 Å². The monoisotopic (exact) mass is 355 g/mol. The van der Waals surface area contributed by atoms with E-state index in [9.17, 15) is 22.1 Å². The van der Waals surface area contributed by atoms with E-state index in [1.54, 1.807) is 11.8 Å². The summed E-state index contributed by atoms with van der Waals surface area (Å²) < 4.78 is 45.5. The molecular weight excluding hydrogens is 341 g/mol. The Balaban J connectivity index is 0.000000324. The largest absolute Gasteiger partial charge is 0.673 e. The first kappa shape index (κ1) is 17.3. The van der Waals surface area contributed by atoms with Crippen molar-refractivity contribution in [2.45, 2.75) is 12.0 Å². The van der Waals surface area contributed by atoms with Crippen LogP contribution in [0.4, 0.5) is 17.3 Å². The van der Waals surface area contributed by atoms with Gasteiger partial charge in [0.2, 0.25) is 6.10 Å². The van der Waals surface area contributed by atoms with Crippen LogP contribution in [0.15, 0.2) is 36.4 Å². The van der Waals surface area contributed by atoms with Crippen molar-refractivity contribution in [2.24, 2.45) is 0 Å². The summed E-state index contributed by atoms with van der Waals surface area (Å²) in [5.74, 6) is -0.404. The summed E-state index contributed by atoms with van der Waals surface area (Å²) in [5, 5.41) is 2.39. The van der Waals surface area contributed by atoms with Gasteiger partial charge in [0, 0.05) is 5.56 Å². The maximum Gasteiger partial charge on any atom is 0.673 e. The van der Waals surface area contributed by atoms with Crippen LogP contribution in [0.5, 0.6) is 0 Å². The summed E-state index contributed by atoms with van der Waals surface area (Å²) in [4.78, 5) is 17.9. The molecular formula is C16H14BF4NO3. The third-order valence-corrected chi connectivity index (χ3v) is 4.21. The number of hydrogen-bond acceptors (Lipinski definition) is 3. The van der Waals surface area contributed by atoms with Crippen molar-refractivity contribution in [3.63, 3.8) is 0 Å². The summed E-state index contributed by atoms with van der Waals surface area (Å²) in [5.41, 5.74) is 2.86. The number of methoxy groups -OCH3 is 1. The lowest BCUT2D eigenvalue weighted by atomic mass is 9.93. The minimum Gasteiger partial charge on any atom is -0.461 e. The lowest BCUT2D eigenvalue weighted by Crippen LogP contribution is -2.26. The second-order valence-corrected chi connectivity index (χ2v) is 5.67. The van der Waals surface area contributed by atoms with Gasteiger partial charge in [-0.2, -0.15) is 0 Å². The van der Waals surface area contributed by atoms with Crippen LogP contribution >= 0.6 is 0 Å². The number of carbonyl (C=O) groups excluding carboxylic acids is 1. The van der Waals surface area contributed by atoms with Gasteiger partial charge in [0.25, 0.3) is 0 Å². The fourth-order valence-electron chi connectivity index (χ4n) is 3.43. The van der Waals surface area contributed by atoms with Crippen LogP contribution in [0.25, 0.3) is 10.8 Å². The molecule has 9 heteroatoms. The van der Waals surface area contributed by atoms with Crippen molar-refractivity contribution >= 4 is 29.7 Å². The molecule has 0 saturated heterocycles. The maximum absolute atomic E-state index is 12.1. The molecule has 0 amide bonds. The average Bonchev–Trinajstić information content (AvgIpc) is 3.02. The number of hydroxylamine groups is 1. The molecule has 0 fully saturated rings. The molecule has 0 radical (unpaired) electrons. The smallest absolute Gasteiger partial charge is 0.461 e. The van der Waals surface area contributed by atoms with Crippen LogP contribution in [-0.2, 0) is 14.4 Å². The number of rotatable bonds is 1. The zero-order valence-corrected chi connectivity index (χ0v) is 13.4. The zero-order chi connectivity index (χ0) is 18.4. The second kappa shape index (κ2) is 6.05. The molecule has 0 aromatic heterocycles. The highest BCUT2D eigenvalue weighted by atomic mass is 19.5. The minimum absolute atomic E-state index is 0.0754. The number of carbonyl (C=O) groups is 1. The summed E-state index contributed by atoms with van der Waals surface area (Å²) in [7, 11) is -2.84. The molecule has 1 aliphatic heterocycles. The Kier molecular flexibility index (Phi) is 4.18. The van der Waals surface area contributed by atoms with Crippen LogP contribution in [0, 0.1) is 0 Å². The Morgan fingerprint density at radius 3 is 2.24 bits per heavy atom. The average molecular weight is 355 g/mol. The van der Waals surface area contributed by atoms with Crippen molar-refractivity contribution in [1.82, 2.24) is 0 Å². The van der Waals surface area contributed by atoms with Gasteiger partial charge in [-0.25, -0.2) is 4.79 Å². The number of fused-ring (bicyclic) bond motifs is 3. The van der Waals surface area contributed by atoms with Crippen molar-refractivity contribution in [3.05, 3.63) is 47.5 Å². The number of halogens is 4. The molecule has 0 bridgehead atoms. The standard InChI is InChI=1S/C16H14NO3.BF4/c1-17-14(16(18)19-2)13-10-7-3-5-9-6-4-8-11(12(9)10)15(13)20-17;2-1(3,4)5/h3-8,13,15H,1-2H3;/q+1;-1. The molecule has 4 nitrogen and oxygen atoms in total. The molecule has 0 saturated carbocycles. The van der Waals surface area contributed by atoms with Crippen LogP contribution in [0.1, 0.15) is 23.1 Å². The van der Waals surface area contributed by atoms with Gasteiger partial charge in [0.1, 0.15) is 5.92 Å². The first-order valence-electron chi connectivity index (χ1n) is 7.47. The van der Waals surface area contributed by atoms with Crippen molar-refractivity contribution in [3.8, 4) is 0 Å². The van der Waals surface area contributed by atoms with E-state index in [1.807, 2.05) is 12.1 Å². The normalized spacial score (nSPS) is 20.7. The number of ether oxygens (including phenoxy) is 1. The summed E-state index contributed by atoms with van der Waals surface area (Å²) in [6.45, 7) is 0. The van der Waals surface area contributed by atoms with E-state index in [1.165, 1.54) is 17.9 Å². The third kappa shape index (κ3) is 3.06. The van der Waals surface area contributed by atoms with Gasteiger partial charge in [-0.3, -0.25) is 4.84 Å². The molecule has 4 rings (SSSR count). The highest BCUT2D eigenvalue weighted by molar-refractivity contribution is 6.50. The van der Waals surface area contributed by atoms with Gasteiger partial charge in [-0.1, -0.05) is 36.4 Å². The second-order valence-electron chi connectivity index (χ2n) is 5.67. The molecule has 2 unspecified atom stereocenters. The molecule has 1 aliphatic carbocycles. The van der Waals surface area contributed by atoms with E-state index in [-0.39, 0.29) is 18.0 Å². The molecule has 2 atom stereocenters. The number of nitrogens with zero attached hydrogens (tertiary/aromatic N) is 1. The summed E-state index contributed by atoms with van der Waals surface area (Å²) in [6.07, 6.45) is -0.129. The van der Waals surface area contributed by atoms with Gasteiger partial charge in [0.05, 0.1) is 7.11 Å². The SMILES string of the molecule is COC(=O)C1=[N+](C)OC2c3cccc4cccc(c34)C12.F[B-](F)(F)F. The molecule has 2 aromatic carbocycles. The first-order valence-corrected chi connectivity index (χ1v) is 7.47. The first-order chi connectivity index (χ1) is 11.7. The molecule has 0 N–H and O–H groups in total. The number of esters is 1. The Bertz CT molecular complexity index is 870.